The Balaban J connectivity index is 2.00. The highest BCUT2D eigenvalue weighted by atomic mass is 35.5. The maximum Gasteiger partial charge on any atom is 0.251 e. The summed E-state index contributed by atoms with van der Waals surface area (Å²) in [5, 5.41) is 13.3. The van der Waals surface area contributed by atoms with Crippen LogP contribution in [-0.4, -0.2) is 24.2 Å². The predicted octanol–water partition coefficient (Wildman–Crippen LogP) is 3.32. The molecule has 0 saturated heterocycles. The van der Waals surface area contributed by atoms with Crippen LogP contribution in [0.25, 0.3) is 0 Å². The molecule has 1 aliphatic rings. The summed E-state index contributed by atoms with van der Waals surface area (Å²) >= 11 is 5.90. The van der Waals surface area contributed by atoms with E-state index in [9.17, 15) is 9.90 Å². The smallest absolute Gasteiger partial charge is 0.251 e. The number of aliphatic hydroxyl groups is 1. The lowest BCUT2D eigenvalue weighted by Crippen LogP contribution is -2.41. The number of aliphatic hydroxyl groups excluding tert-OH is 1. The van der Waals surface area contributed by atoms with Gasteiger partial charge in [-0.3, -0.25) is 4.79 Å². The molecule has 2 rings (SSSR count). The van der Waals surface area contributed by atoms with Crippen molar-refractivity contribution in [2.45, 2.75) is 39.0 Å². The van der Waals surface area contributed by atoms with Crippen molar-refractivity contribution in [1.82, 2.24) is 5.32 Å². The van der Waals surface area contributed by atoms with Crippen LogP contribution in [0.4, 0.5) is 0 Å². The zero-order valence-corrected chi connectivity index (χ0v) is 12.7. The van der Waals surface area contributed by atoms with Crippen molar-refractivity contribution in [2.75, 3.05) is 13.2 Å². The van der Waals surface area contributed by atoms with Crippen LogP contribution in [-0.2, 0) is 0 Å². The molecule has 0 aliphatic heterocycles. The summed E-state index contributed by atoms with van der Waals surface area (Å²) in [6.45, 7) is 2.57. The van der Waals surface area contributed by atoms with Crippen molar-refractivity contribution in [3.63, 3.8) is 0 Å². The highest BCUT2D eigenvalue weighted by molar-refractivity contribution is 6.30. The molecule has 2 N–H and O–H groups in total. The Hall–Kier alpha value is -1.06. The molecule has 1 aromatic rings. The SMILES string of the molecule is Cc1cc(Cl)ccc1C(=O)NCC1(CO)CCCCC1. The molecule has 0 spiro atoms. The Kier molecular flexibility index (Phi) is 5.06. The third-order valence-corrected chi connectivity index (χ3v) is 4.54. The summed E-state index contributed by atoms with van der Waals surface area (Å²) in [6.07, 6.45) is 5.48. The Morgan fingerprint density at radius 2 is 2.05 bits per heavy atom. The first kappa shape index (κ1) is 15.3. The first-order valence-corrected chi connectivity index (χ1v) is 7.59. The minimum atomic E-state index is -0.131. The van der Waals surface area contributed by atoms with Crippen LogP contribution in [0.5, 0.6) is 0 Å². The summed E-state index contributed by atoms with van der Waals surface area (Å²) in [6, 6.07) is 5.27. The number of hydrogen-bond donors (Lipinski definition) is 2. The third-order valence-electron chi connectivity index (χ3n) is 4.31. The van der Waals surface area contributed by atoms with Crippen molar-refractivity contribution in [3.8, 4) is 0 Å². The summed E-state index contributed by atoms with van der Waals surface area (Å²) in [4.78, 5) is 12.2. The van der Waals surface area contributed by atoms with Gasteiger partial charge in [0.25, 0.3) is 5.91 Å². The number of nitrogens with one attached hydrogen (secondary N) is 1. The van der Waals surface area contributed by atoms with E-state index in [1.54, 1.807) is 18.2 Å². The van der Waals surface area contributed by atoms with Gasteiger partial charge in [0.05, 0.1) is 6.61 Å². The fourth-order valence-corrected chi connectivity index (χ4v) is 3.16. The second kappa shape index (κ2) is 6.59. The molecule has 0 unspecified atom stereocenters. The van der Waals surface area contributed by atoms with Gasteiger partial charge in [-0.1, -0.05) is 30.9 Å². The average Bonchev–Trinajstić information content (AvgIpc) is 2.46. The Morgan fingerprint density at radius 1 is 1.35 bits per heavy atom. The number of amides is 1. The molecule has 20 heavy (non-hydrogen) atoms. The first-order valence-electron chi connectivity index (χ1n) is 7.22. The van der Waals surface area contributed by atoms with Crippen LogP contribution < -0.4 is 5.32 Å². The van der Waals surface area contributed by atoms with E-state index in [-0.39, 0.29) is 17.9 Å². The molecule has 3 nitrogen and oxygen atoms in total. The van der Waals surface area contributed by atoms with Gasteiger partial charge in [0.1, 0.15) is 0 Å². The van der Waals surface area contributed by atoms with Gasteiger partial charge in [-0.15, -0.1) is 0 Å². The summed E-state index contributed by atoms with van der Waals surface area (Å²) in [7, 11) is 0. The van der Waals surface area contributed by atoms with E-state index >= 15 is 0 Å². The minimum Gasteiger partial charge on any atom is -0.396 e. The largest absolute Gasteiger partial charge is 0.396 e. The van der Waals surface area contributed by atoms with E-state index in [0.29, 0.717) is 17.1 Å². The molecular weight excluding hydrogens is 274 g/mol. The number of benzene rings is 1. The van der Waals surface area contributed by atoms with E-state index in [1.165, 1.54) is 6.42 Å². The lowest BCUT2D eigenvalue weighted by Gasteiger charge is -2.35. The molecule has 0 aromatic heterocycles. The molecular formula is C16H22ClNO2. The molecule has 0 heterocycles. The number of carbonyl (C=O) groups excluding carboxylic acids is 1. The Morgan fingerprint density at radius 3 is 2.65 bits per heavy atom. The van der Waals surface area contributed by atoms with Gasteiger partial charge < -0.3 is 10.4 Å². The number of aryl methyl sites for hydroxylation is 1. The van der Waals surface area contributed by atoms with Crippen LogP contribution in [0.3, 0.4) is 0 Å². The second-order valence-electron chi connectivity index (χ2n) is 5.86. The van der Waals surface area contributed by atoms with Gasteiger partial charge >= 0.3 is 0 Å². The molecule has 1 aromatic carbocycles. The number of halogens is 1. The fourth-order valence-electron chi connectivity index (χ4n) is 2.94. The van der Waals surface area contributed by atoms with Gasteiger partial charge in [0.2, 0.25) is 0 Å². The molecule has 110 valence electrons. The summed E-state index contributed by atoms with van der Waals surface area (Å²) in [5.41, 5.74) is 1.39. The maximum absolute atomic E-state index is 12.2. The maximum atomic E-state index is 12.2. The molecule has 0 bridgehead atoms. The predicted molar refractivity (Wildman–Crippen MR) is 81.1 cm³/mol. The van der Waals surface area contributed by atoms with E-state index < -0.39 is 0 Å². The molecule has 1 aliphatic carbocycles. The van der Waals surface area contributed by atoms with Gasteiger partial charge in [0, 0.05) is 22.5 Å². The molecule has 1 amide bonds. The van der Waals surface area contributed by atoms with Gasteiger partial charge in [-0.25, -0.2) is 0 Å². The summed E-state index contributed by atoms with van der Waals surface area (Å²) < 4.78 is 0. The van der Waals surface area contributed by atoms with E-state index in [1.807, 2.05) is 6.92 Å². The summed E-state index contributed by atoms with van der Waals surface area (Å²) in [5.74, 6) is -0.0856. The quantitative estimate of drug-likeness (QED) is 0.895. The van der Waals surface area contributed by atoms with Crippen molar-refractivity contribution >= 4 is 17.5 Å². The first-order chi connectivity index (χ1) is 9.56. The number of hydrogen-bond acceptors (Lipinski definition) is 2. The van der Waals surface area contributed by atoms with Crippen LogP contribution >= 0.6 is 11.6 Å². The normalized spacial score (nSPS) is 17.8. The fraction of sp³-hybridized carbons (Fsp3) is 0.562. The standard InChI is InChI=1S/C16H22ClNO2/c1-12-9-13(17)5-6-14(12)15(20)18-10-16(11-19)7-3-2-4-8-16/h5-6,9,19H,2-4,7-8,10-11H2,1H3,(H,18,20). The van der Waals surface area contributed by atoms with Crippen molar-refractivity contribution in [3.05, 3.63) is 34.3 Å². The van der Waals surface area contributed by atoms with Crippen molar-refractivity contribution in [1.29, 1.82) is 0 Å². The molecule has 1 saturated carbocycles. The Bertz CT molecular complexity index is 481. The minimum absolute atomic E-state index is 0.0856. The highest BCUT2D eigenvalue weighted by Gasteiger charge is 2.31. The van der Waals surface area contributed by atoms with Crippen LogP contribution in [0, 0.1) is 12.3 Å². The topological polar surface area (TPSA) is 49.3 Å². The molecule has 4 heteroatoms. The molecule has 0 atom stereocenters. The zero-order chi connectivity index (χ0) is 14.6. The van der Waals surface area contributed by atoms with Crippen LogP contribution in [0.2, 0.25) is 5.02 Å². The molecule has 0 radical (unpaired) electrons. The lowest BCUT2D eigenvalue weighted by molar-refractivity contribution is 0.0717. The second-order valence-corrected chi connectivity index (χ2v) is 6.30. The highest BCUT2D eigenvalue weighted by Crippen LogP contribution is 2.35. The van der Waals surface area contributed by atoms with Crippen molar-refractivity contribution < 1.29 is 9.90 Å². The Labute approximate surface area is 125 Å². The van der Waals surface area contributed by atoms with Gasteiger partial charge in [0.15, 0.2) is 0 Å². The number of carbonyl (C=O) groups is 1. The van der Waals surface area contributed by atoms with E-state index in [4.69, 9.17) is 11.6 Å². The third kappa shape index (κ3) is 3.53. The monoisotopic (exact) mass is 295 g/mol. The van der Waals surface area contributed by atoms with Gasteiger partial charge in [-0.2, -0.15) is 0 Å². The van der Waals surface area contributed by atoms with Gasteiger partial charge in [-0.05, 0) is 43.5 Å². The average molecular weight is 296 g/mol. The van der Waals surface area contributed by atoms with E-state index in [2.05, 4.69) is 5.32 Å². The van der Waals surface area contributed by atoms with Crippen LogP contribution in [0.1, 0.15) is 48.0 Å². The molecule has 1 fully saturated rings. The number of rotatable bonds is 4. The van der Waals surface area contributed by atoms with Crippen LogP contribution in [0.15, 0.2) is 18.2 Å². The zero-order valence-electron chi connectivity index (χ0n) is 11.9. The van der Waals surface area contributed by atoms with Crippen molar-refractivity contribution in [2.24, 2.45) is 5.41 Å². The van der Waals surface area contributed by atoms with E-state index in [0.717, 1.165) is 31.2 Å². The lowest BCUT2D eigenvalue weighted by atomic mass is 9.74.